The average Bonchev–Trinajstić information content (AvgIpc) is 3.32. The minimum Gasteiger partial charge on any atom is -0.399 e. The molecule has 0 saturated heterocycles. The summed E-state index contributed by atoms with van der Waals surface area (Å²) < 4.78 is 0. The maximum atomic E-state index is 7.63. The number of benzene rings is 6. The third-order valence-electron chi connectivity index (χ3n) is 15.4. The maximum Gasteiger partial charge on any atom is 0.249 e. The zero-order chi connectivity index (χ0) is 42.9. The minimum absolute atomic E-state index is 0.0607. The highest BCUT2D eigenvalue weighted by atomic mass is 15.2. The highest BCUT2D eigenvalue weighted by molar-refractivity contribution is 6.94. The van der Waals surface area contributed by atoms with Gasteiger partial charge in [-0.05, 0) is 151 Å². The van der Waals surface area contributed by atoms with Crippen LogP contribution in [0.4, 0.5) is 34.1 Å². The molecule has 11 rings (SSSR count). The van der Waals surface area contributed by atoms with Crippen LogP contribution in [0.5, 0.6) is 0 Å². The van der Waals surface area contributed by atoms with Gasteiger partial charge in [0.05, 0.1) is 5.41 Å². The number of anilines is 6. The van der Waals surface area contributed by atoms with E-state index in [1.807, 2.05) is 0 Å². The second kappa shape index (κ2) is 15.4. The maximum absolute atomic E-state index is 7.63. The minimum atomic E-state index is -0.599. The number of nitrogens with zero attached hydrogens (tertiary/aromatic N) is 2. The summed E-state index contributed by atoms with van der Waals surface area (Å²) in [5, 5.41) is 0. The zero-order valence-corrected chi connectivity index (χ0v) is 37.1. The summed E-state index contributed by atoms with van der Waals surface area (Å²) in [6.07, 6.45) is 18.9. The molecule has 2 aliphatic carbocycles. The number of hydrogen-bond donors (Lipinski definition) is 1. The summed E-state index contributed by atoms with van der Waals surface area (Å²) in [6, 6.07) is 55.1. The Balaban J connectivity index is 1.31. The fraction of sp³-hybridized carbons (Fsp3) is 0.220. The summed E-state index contributed by atoms with van der Waals surface area (Å²) in [5.74, 6) is 0.362. The van der Waals surface area contributed by atoms with Crippen molar-refractivity contribution < 1.29 is 0 Å². The second-order valence-electron chi connectivity index (χ2n) is 18.7. The van der Waals surface area contributed by atoms with Crippen molar-refractivity contribution in [2.75, 3.05) is 15.5 Å². The fourth-order valence-electron chi connectivity index (χ4n) is 12.4. The van der Waals surface area contributed by atoms with Crippen LogP contribution >= 0.6 is 0 Å². The fourth-order valence-corrected chi connectivity index (χ4v) is 12.4. The van der Waals surface area contributed by atoms with E-state index in [2.05, 4.69) is 213 Å². The van der Waals surface area contributed by atoms with E-state index >= 15 is 0 Å². The molecule has 1 fully saturated rings. The van der Waals surface area contributed by atoms with Gasteiger partial charge in [0, 0.05) is 45.2 Å². The first kappa shape index (κ1) is 39.3. The number of para-hydroxylation sites is 2. The Morgan fingerprint density at radius 2 is 1.37 bits per heavy atom. The topological polar surface area (TPSA) is 32.5 Å². The van der Waals surface area contributed by atoms with Gasteiger partial charge in [0.2, 0.25) is 6.71 Å². The van der Waals surface area contributed by atoms with Crippen LogP contribution in [0.2, 0.25) is 0 Å². The van der Waals surface area contributed by atoms with Crippen molar-refractivity contribution in [1.82, 2.24) is 0 Å². The molecule has 10 bridgehead atoms. The highest BCUT2D eigenvalue weighted by Gasteiger charge is 2.46. The molecule has 5 aliphatic rings. The molecule has 310 valence electrons. The summed E-state index contributed by atoms with van der Waals surface area (Å²) in [4.78, 5) is 5.07. The molecule has 0 spiro atoms. The second-order valence-corrected chi connectivity index (χ2v) is 18.7. The number of nitrogen functional groups attached to an aromatic ring is 1. The van der Waals surface area contributed by atoms with Gasteiger partial charge >= 0.3 is 0 Å². The van der Waals surface area contributed by atoms with Crippen LogP contribution in [-0.2, 0) is 10.8 Å². The van der Waals surface area contributed by atoms with Crippen LogP contribution in [0.3, 0.4) is 0 Å². The van der Waals surface area contributed by atoms with Crippen molar-refractivity contribution in [1.29, 1.82) is 0 Å². The predicted molar refractivity (Wildman–Crippen MR) is 268 cm³/mol. The molecule has 3 heterocycles. The standard InChI is InChI=1S/C59H56BN3/c1-5-40(2)56-55-36-41(3)50-30-15-16-35-58(50,4)51-31-19-32-53(57(51)61)60(56)52-34-33-49-39-54(52)63(55)48-29-18-25-45(38-48)59(42-20-9-6-10-21-42,43-22-11-7-12-23-43)44-24-17-28-47(37-44)62(49)46-26-13-8-14-27-46/h5-6,8-11,13-14,17-29,31-34,36-39,50H,7,12,15-16,30,35,61H2,1-4H3/b40-5-,41-36-. The number of hydrogen-bond acceptors (Lipinski definition) is 3. The first-order valence-corrected chi connectivity index (χ1v) is 23.2. The Hall–Kier alpha value is -6.52. The molecule has 4 heteroatoms. The van der Waals surface area contributed by atoms with Crippen molar-refractivity contribution in [3.8, 4) is 0 Å². The third kappa shape index (κ3) is 6.01. The predicted octanol–water partition coefficient (Wildman–Crippen LogP) is 13.6. The Labute approximate surface area is 374 Å². The first-order valence-electron chi connectivity index (χ1n) is 23.2. The molecule has 3 unspecified atom stereocenters. The van der Waals surface area contributed by atoms with Crippen molar-refractivity contribution in [3.05, 3.63) is 226 Å². The van der Waals surface area contributed by atoms with Crippen LogP contribution in [0.15, 0.2) is 204 Å². The van der Waals surface area contributed by atoms with Gasteiger partial charge < -0.3 is 15.5 Å². The van der Waals surface area contributed by atoms with E-state index in [1.165, 1.54) is 79.6 Å². The van der Waals surface area contributed by atoms with Crippen molar-refractivity contribution in [2.24, 2.45) is 5.92 Å². The van der Waals surface area contributed by atoms with Crippen molar-refractivity contribution in [3.63, 3.8) is 0 Å². The Morgan fingerprint density at radius 3 is 2.08 bits per heavy atom. The lowest BCUT2D eigenvalue weighted by Crippen LogP contribution is -2.53. The van der Waals surface area contributed by atoms with Gasteiger partial charge in [0.25, 0.3) is 0 Å². The smallest absolute Gasteiger partial charge is 0.249 e. The normalized spacial score (nSPS) is 23.5. The molecule has 0 radical (unpaired) electrons. The molecule has 1 saturated carbocycles. The van der Waals surface area contributed by atoms with E-state index in [4.69, 9.17) is 5.73 Å². The quantitative estimate of drug-likeness (QED) is 0.142. The molecule has 3 aliphatic heterocycles. The number of fused-ring (bicyclic) bond motifs is 14. The van der Waals surface area contributed by atoms with Crippen molar-refractivity contribution in [2.45, 2.75) is 77.0 Å². The summed E-state index contributed by atoms with van der Waals surface area (Å²) in [7, 11) is 0. The summed E-state index contributed by atoms with van der Waals surface area (Å²) in [6.45, 7) is 9.33. The van der Waals surface area contributed by atoms with Crippen LogP contribution in [-0.4, -0.2) is 6.71 Å². The molecule has 2 N–H and O–H groups in total. The van der Waals surface area contributed by atoms with Gasteiger partial charge in [0.15, 0.2) is 0 Å². The van der Waals surface area contributed by atoms with Gasteiger partial charge in [-0.15, -0.1) is 0 Å². The Morgan fingerprint density at radius 1 is 0.698 bits per heavy atom. The Kier molecular flexibility index (Phi) is 9.60. The van der Waals surface area contributed by atoms with E-state index in [9.17, 15) is 0 Å². The molecule has 6 aromatic rings. The summed E-state index contributed by atoms with van der Waals surface area (Å²) in [5.41, 5.74) is 27.7. The monoisotopic (exact) mass is 817 g/mol. The number of nitrogens with two attached hydrogens (primary N) is 1. The van der Waals surface area contributed by atoms with Gasteiger partial charge in [-0.1, -0.05) is 152 Å². The largest absolute Gasteiger partial charge is 0.399 e. The van der Waals surface area contributed by atoms with Crippen LogP contribution in [0.25, 0.3) is 0 Å². The van der Waals surface area contributed by atoms with Crippen LogP contribution in [0.1, 0.15) is 88.5 Å². The van der Waals surface area contributed by atoms with E-state index in [0.29, 0.717) is 5.92 Å². The van der Waals surface area contributed by atoms with E-state index in [-0.39, 0.29) is 12.1 Å². The highest BCUT2D eigenvalue weighted by Crippen LogP contribution is 2.53. The first-order chi connectivity index (χ1) is 30.8. The van der Waals surface area contributed by atoms with Gasteiger partial charge in [-0.2, -0.15) is 0 Å². The lowest BCUT2D eigenvalue weighted by molar-refractivity contribution is 0.237. The summed E-state index contributed by atoms with van der Waals surface area (Å²) >= 11 is 0. The number of rotatable bonds is 4. The molecule has 3 atom stereocenters. The van der Waals surface area contributed by atoms with Gasteiger partial charge in [-0.3, -0.25) is 0 Å². The molecule has 6 aromatic carbocycles. The molecular weight excluding hydrogens is 761 g/mol. The molecule has 0 amide bonds. The van der Waals surface area contributed by atoms with Crippen LogP contribution in [0, 0.1) is 5.92 Å². The molecular formula is C59H56BN3. The third-order valence-corrected chi connectivity index (χ3v) is 15.4. The zero-order valence-electron chi connectivity index (χ0n) is 37.1. The average molecular weight is 818 g/mol. The van der Waals surface area contributed by atoms with E-state index < -0.39 is 5.41 Å². The molecule has 3 nitrogen and oxygen atoms in total. The van der Waals surface area contributed by atoms with Crippen LogP contribution < -0.4 is 26.5 Å². The van der Waals surface area contributed by atoms with Gasteiger partial charge in [0.1, 0.15) is 0 Å². The van der Waals surface area contributed by atoms with Gasteiger partial charge in [-0.25, -0.2) is 0 Å². The Bertz CT molecular complexity index is 2940. The molecule has 0 aromatic heterocycles. The number of allylic oxidation sites excluding steroid dienone is 9. The van der Waals surface area contributed by atoms with Crippen molar-refractivity contribution >= 4 is 51.8 Å². The lowest BCUT2D eigenvalue weighted by Gasteiger charge is -2.46. The SMILES string of the molecule is C/C=C(/C)C1=C2/C=C(/C)C3CCCCC3(C)c3cccc(c3N)B1c1ccc3cc1N2c1cccc(c1)C(C1=CCCC=C1)(c1ccccc1)c1cccc(c1)N3c1ccccc1. The van der Waals surface area contributed by atoms with E-state index in [1.54, 1.807) is 0 Å². The lowest BCUT2D eigenvalue weighted by atomic mass is 9.33. The van der Waals surface area contributed by atoms with E-state index in [0.717, 1.165) is 54.1 Å². The molecule has 63 heavy (non-hydrogen) atoms.